The number of hydrogen-bond acceptors (Lipinski definition) is 2. The lowest BCUT2D eigenvalue weighted by atomic mass is 9.70. The van der Waals surface area contributed by atoms with Gasteiger partial charge < -0.3 is 10.5 Å². The predicted octanol–water partition coefficient (Wildman–Crippen LogP) is 3.49. The Morgan fingerprint density at radius 3 is 2.59 bits per heavy atom. The number of rotatable bonds is 5. The van der Waals surface area contributed by atoms with E-state index in [-0.39, 0.29) is 11.6 Å². The Kier molecular flexibility index (Phi) is 4.48. The van der Waals surface area contributed by atoms with E-state index in [0.29, 0.717) is 0 Å². The van der Waals surface area contributed by atoms with Crippen LogP contribution < -0.4 is 5.73 Å². The third kappa shape index (κ3) is 3.03. The summed E-state index contributed by atoms with van der Waals surface area (Å²) in [6, 6.07) is 0.260. The molecular weight excluding hydrogens is 210 g/mol. The fourth-order valence-electron chi connectivity index (χ4n) is 3.71. The summed E-state index contributed by atoms with van der Waals surface area (Å²) >= 11 is 0. The minimum absolute atomic E-state index is 0.00199. The van der Waals surface area contributed by atoms with Gasteiger partial charge in [0.05, 0.1) is 5.60 Å². The van der Waals surface area contributed by atoms with Gasteiger partial charge in [-0.15, -0.1) is 0 Å². The summed E-state index contributed by atoms with van der Waals surface area (Å²) in [5.74, 6) is 1.67. The van der Waals surface area contributed by atoms with Crippen LogP contribution in [0, 0.1) is 11.8 Å². The molecule has 3 atom stereocenters. The highest BCUT2D eigenvalue weighted by atomic mass is 16.5. The number of nitrogens with two attached hydrogens (primary N) is 1. The van der Waals surface area contributed by atoms with E-state index in [9.17, 15) is 0 Å². The molecule has 17 heavy (non-hydrogen) atoms. The van der Waals surface area contributed by atoms with Gasteiger partial charge in [-0.2, -0.15) is 0 Å². The molecule has 100 valence electrons. The minimum Gasteiger partial charge on any atom is -0.374 e. The summed E-state index contributed by atoms with van der Waals surface area (Å²) in [6.07, 6.45) is 10.4. The molecule has 2 aliphatic rings. The molecule has 0 aromatic heterocycles. The first-order valence-electron chi connectivity index (χ1n) is 7.56. The molecule has 2 nitrogen and oxygen atoms in total. The summed E-state index contributed by atoms with van der Waals surface area (Å²) in [4.78, 5) is 0. The fraction of sp³-hybridized carbons (Fsp3) is 1.00. The molecule has 0 radical (unpaired) electrons. The minimum atomic E-state index is 0.00199. The third-order valence-electron chi connectivity index (χ3n) is 4.91. The van der Waals surface area contributed by atoms with Crippen LogP contribution in [0.2, 0.25) is 0 Å². The molecule has 0 amide bonds. The largest absolute Gasteiger partial charge is 0.374 e. The first-order chi connectivity index (χ1) is 8.16. The van der Waals surface area contributed by atoms with E-state index < -0.39 is 0 Å². The molecule has 2 heteroatoms. The van der Waals surface area contributed by atoms with Crippen molar-refractivity contribution in [1.29, 1.82) is 0 Å². The van der Waals surface area contributed by atoms with Crippen LogP contribution in [-0.4, -0.2) is 18.2 Å². The molecule has 2 saturated carbocycles. The highest BCUT2D eigenvalue weighted by Gasteiger charge is 2.42. The van der Waals surface area contributed by atoms with Crippen LogP contribution in [0.1, 0.15) is 65.2 Å². The Labute approximate surface area is 106 Å². The van der Waals surface area contributed by atoms with Gasteiger partial charge in [-0.1, -0.05) is 39.0 Å². The average molecular weight is 239 g/mol. The second kappa shape index (κ2) is 5.71. The van der Waals surface area contributed by atoms with Gasteiger partial charge in [-0.3, -0.25) is 0 Å². The Morgan fingerprint density at radius 1 is 1.29 bits per heavy atom. The molecule has 0 saturated heterocycles. The number of hydrogen-bond donors (Lipinski definition) is 1. The Balaban J connectivity index is 1.97. The van der Waals surface area contributed by atoms with Crippen LogP contribution in [0.3, 0.4) is 0 Å². The molecular formula is C15H29NO. The molecule has 0 bridgehead atoms. The standard InChI is InChI=1S/C15H29NO/c1-3-17-15(9-5-6-12(2)11-15)14(16)10-13-7-4-8-13/h12-14H,3-11,16H2,1-2H3. The molecule has 2 N–H and O–H groups in total. The van der Waals surface area contributed by atoms with Gasteiger partial charge in [0, 0.05) is 12.6 Å². The molecule has 2 aliphatic carbocycles. The summed E-state index contributed by atoms with van der Waals surface area (Å²) in [5.41, 5.74) is 6.52. The molecule has 2 rings (SSSR count). The van der Waals surface area contributed by atoms with Crippen molar-refractivity contribution in [3.63, 3.8) is 0 Å². The van der Waals surface area contributed by atoms with Crippen LogP contribution >= 0.6 is 0 Å². The van der Waals surface area contributed by atoms with Crippen LogP contribution in [0.5, 0.6) is 0 Å². The van der Waals surface area contributed by atoms with E-state index in [2.05, 4.69) is 13.8 Å². The summed E-state index contributed by atoms with van der Waals surface area (Å²) < 4.78 is 6.15. The van der Waals surface area contributed by atoms with E-state index >= 15 is 0 Å². The van der Waals surface area contributed by atoms with Gasteiger partial charge in [0.15, 0.2) is 0 Å². The van der Waals surface area contributed by atoms with Crippen LogP contribution in [0.25, 0.3) is 0 Å². The van der Waals surface area contributed by atoms with Crippen LogP contribution in [0.15, 0.2) is 0 Å². The Bertz CT molecular complexity index is 235. The van der Waals surface area contributed by atoms with E-state index in [0.717, 1.165) is 18.4 Å². The van der Waals surface area contributed by atoms with Crippen molar-refractivity contribution in [2.45, 2.75) is 76.9 Å². The maximum atomic E-state index is 6.52. The van der Waals surface area contributed by atoms with Crippen molar-refractivity contribution >= 4 is 0 Å². The summed E-state index contributed by atoms with van der Waals surface area (Å²) in [6.45, 7) is 5.27. The van der Waals surface area contributed by atoms with Crippen LogP contribution in [0.4, 0.5) is 0 Å². The highest BCUT2D eigenvalue weighted by Crippen LogP contribution is 2.41. The van der Waals surface area contributed by atoms with E-state index in [1.54, 1.807) is 0 Å². The molecule has 0 aromatic rings. The van der Waals surface area contributed by atoms with Gasteiger partial charge in [-0.05, 0) is 38.0 Å². The van der Waals surface area contributed by atoms with E-state index in [1.807, 2.05) is 0 Å². The van der Waals surface area contributed by atoms with Gasteiger partial charge in [-0.25, -0.2) is 0 Å². The fourth-order valence-corrected chi connectivity index (χ4v) is 3.71. The zero-order valence-electron chi connectivity index (χ0n) is 11.6. The average Bonchev–Trinajstić information content (AvgIpc) is 2.23. The van der Waals surface area contributed by atoms with Crippen molar-refractivity contribution < 1.29 is 4.74 Å². The Hall–Kier alpha value is -0.0800. The van der Waals surface area contributed by atoms with E-state index in [4.69, 9.17) is 10.5 Å². The second-order valence-electron chi connectivity index (χ2n) is 6.34. The lowest BCUT2D eigenvalue weighted by molar-refractivity contribution is -0.0979. The number of ether oxygens (including phenoxy) is 1. The maximum absolute atomic E-state index is 6.52. The van der Waals surface area contributed by atoms with Gasteiger partial charge in [0.2, 0.25) is 0 Å². The third-order valence-corrected chi connectivity index (χ3v) is 4.91. The van der Waals surface area contributed by atoms with Crippen molar-refractivity contribution in [3.8, 4) is 0 Å². The zero-order valence-corrected chi connectivity index (χ0v) is 11.6. The molecule has 0 aromatic carbocycles. The molecule has 3 unspecified atom stereocenters. The predicted molar refractivity (Wildman–Crippen MR) is 71.9 cm³/mol. The summed E-state index contributed by atoms with van der Waals surface area (Å²) in [7, 11) is 0. The van der Waals surface area contributed by atoms with Crippen molar-refractivity contribution in [2.24, 2.45) is 17.6 Å². The quantitative estimate of drug-likeness (QED) is 0.797. The van der Waals surface area contributed by atoms with Gasteiger partial charge in [0.25, 0.3) is 0 Å². The SMILES string of the molecule is CCOC1(C(N)CC2CCC2)CCCC(C)C1. The smallest absolute Gasteiger partial charge is 0.0835 e. The van der Waals surface area contributed by atoms with Crippen molar-refractivity contribution in [1.82, 2.24) is 0 Å². The monoisotopic (exact) mass is 239 g/mol. The summed E-state index contributed by atoms with van der Waals surface area (Å²) in [5, 5.41) is 0. The van der Waals surface area contributed by atoms with E-state index in [1.165, 1.54) is 51.4 Å². The van der Waals surface area contributed by atoms with Crippen molar-refractivity contribution in [3.05, 3.63) is 0 Å². The zero-order chi connectivity index (χ0) is 12.3. The lowest BCUT2D eigenvalue weighted by Crippen LogP contribution is -2.53. The lowest BCUT2D eigenvalue weighted by Gasteiger charge is -2.45. The maximum Gasteiger partial charge on any atom is 0.0835 e. The second-order valence-corrected chi connectivity index (χ2v) is 6.34. The van der Waals surface area contributed by atoms with Gasteiger partial charge in [0.1, 0.15) is 0 Å². The van der Waals surface area contributed by atoms with Gasteiger partial charge >= 0.3 is 0 Å². The Morgan fingerprint density at radius 2 is 2.06 bits per heavy atom. The highest BCUT2D eigenvalue weighted by molar-refractivity contribution is 4.97. The molecule has 2 fully saturated rings. The molecule has 0 heterocycles. The topological polar surface area (TPSA) is 35.2 Å². The normalized spacial score (nSPS) is 36.5. The van der Waals surface area contributed by atoms with Crippen molar-refractivity contribution in [2.75, 3.05) is 6.61 Å². The molecule has 0 aliphatic heterocycles. The first kappa shape index (κ1) is 13.4. The van der Waals surface area contributed by atoms with Crippen LogP contribution in [-0.2, 0) is 4.74 Å². The first-order valence-corrected chi connectivity index (χ1v) is 7.56. The molecule has 0 spiro atoms.